The Labute approximate surface area is 110 Å². The minimum Gasteiger partial charge on any atom is -0.356 e. The Hall–Kier alpha value is -0.830. The summed E-state index contributed by atoms with van der Waals surface area (Å²) in [5.41, 5.74) is 1.35. The van der Waals surface area contributed by atoms with Crippen LogP contribution in [0.15, 0.2) is 11.6 Å². The largest absolute Gasteiger partial charge is 0.356 e. The van der Waals surface area contributed by atoms with Gasteiger partial charge in [-0.1, -0.05) is 11.6 Å². The van der Waals surface area contributed by atoms with Crippen molar-refractivity contribution in [2.45, 2.75) is 51.4 Å². The molecule has 0 spiro atoms. The summed E-state index contributed by atoms with van der Waals surface area (Å²) in [4.78, 5) is 11.8. The Bertz CT molecular complexity index is 293. The summed E-state index contributed by atoms with van der Waals surface area (Å²) >= 11 is 0. The average Bonchev–Trinajstić information content (AvgIpc) is 2.41. The predicted molar refractivity (Wildman–Crippen MR) is 74.4 cm³/mol. The lowest BCUT2D eigenvalue weighted by Crippen LogP contribution is -2.33. The number of hydrogen-bond donors (Lipinski definition) is 2. The first-order chi connectivity index (χ1) is 8.84. The van der Waals surface area contributed by atoms with E-state index in [1.54, 1.807) is 0 Å². The summed E-state index contributed by atoms with van der Waals surface area (Å²) in [5.74, 6) is 0.972. The normalized spacial score (nSPS) is 24.4. The van der Waals surface area contributed by atoms with E-state index in [2.05, 4.69) is 16.7 Å². The van der Waals surface area contributed by atoms with Crippen molar-refractivity contribution in [1.82, 2.24) is 10.6 Å². The number of amides is 1. The number of rotatable bonds is 5. The summed E-state index contributed by atoms with van der Waals surface area (Å²) in [5, 5.41) is 6.49. The van der Waals surface area contributed by atoms with Gasteiger partial charge in [-0.25, -0.2) is 0 Å². The Morgan fingerprint density at radius 1 is 1.39 bits per heavy atom. The second-order valence-corrected chi connectivity index (χ2v) is 5.64. The number of carbonyl (C=O) groups excluding carboxylic acids is 1. The zero-order valence-electron chi connectivity index (χ0n) is 11.3. The van der Waals surface area contributed by atoms with Crippen LogP contribution in [-0.2, 0) is 4.79 Å². The number of nitrogens with one attached hydrogen (secondary N) is 2. The summed E-state index contributed by atoms with van der Waals surface area (Å²) in [6.45, 7) is 3.14. The van der Waals surface area contributed by atoms with Gasteiger partial charge in [-0.3, -0.25) is 4.79 Å². The van der Waals surface area contributed by atoms with Gasteiger partial charge in [-0.05, 0) is 64.0 Å². The molecule has 0 aromatic carbocycles. The first-order valence-corrected chi connectivity index (χ1v) is 7.50. The highest BCUT2D eigenvalue weighted by molar-refractivity contribution is 5.78. The molecule has 1 saturated heterocycles. The van der Waals surface area contributed by atoms with Crippen molar-refractivity contribution < 1.29 is 4.79 Å². The van der Waals surface area contributed by atoms with Crippen molar-refractivity contribution in [3.05, 3.63) is 11.6 Å². The van der Waals surface area contributed by atoms with Gasteiger partial charge in [0, 0.05) is 13.0 Å². The van der Waals surface area contributed by atoms with Gasteiger partial charge in [0.15, 0.2) is 0 Å². The maximum absolute atomic E-state index is 11.8. The molecule has 1 aliphatic carbocycles. The molecule has 2 aliphatic rings. The van der Waals surface area contributed by atoms with Crippen molar-refractivity contribution in [1.29, 1.82) is 0 Å². The molecule has 2 N–H and O–H groups in total. The third-order valence-corrected chi connectivity index (χ3v) is 4.05. The van der Waals surface area contributed by atoms with Gasteiger partial charge in [-0.2, -0.15) is 0 Å². The third-order valence-electron chi connectivity index (χ3n) is 4.05. The van der Waals surface area contributed by atoms with E-state index >= 15 is 0 Å². The zero-order valence-corrected chi connectivity index (χ0v) is 11.3. The van der Waals surface area contributed by atoms with Gasteiger partial charge in [0.1, 0.15) is 0 Å². The standard InChI is InChI=1S/C15H26N2O/c18-15(11-13-5-2-1-3-6-13)17-10-8-14-7-4-9-16-12-14/h5,14,16H,1-4,6-12H2,(H,17,18). The van der Waals surface area contributed by atoms with E-state index in [0.717, 1.165) is 44.8 Å². The van der Waals surface area contributed by atoms with Crippen molar-refractivity contribution in [3.8, 4) is 0 Å². The van der Waals surface area contributed by atoms with Crippen LogP contribution >= 0.6 is 0 Å². The van der Waals surface area contributed by atoms with E-state index in [-0.39, 0.29) is 5.91 Å². The minimum absolute atomic E-state index is 0.215. The molecule has 1 atom stereocenters. The highest BCUT2D eigenvalue weighted by atomic mass is 16.1. The van der Waals surface area contributed by atoms with Crippen LogP contribution in [0, 0.1) is 5.92 Å². The molecule has 0 bridgehead atoms. The fraction of sp³-hybridized carbons (Fsp3) is 0.800. The molecule has 1 fully saturated rings. The highest BCUT2D eigenvalue weighted by Gasteiger charge is 2.13. The molecule has 18 heavy (non-hydrogen) atoms. The number of allylic oxidation sites excluding steroid dienone is 1. The van der Waals surface area contributed by atoms with Crippen LogP contribution in [0.1, 0.15) is 51.4 Å². The van der Waals surface area contributed by atoms with Gasteiger partial charge < -0.3 is 10.6 Å². The van der Waals surface area contributed by atoms with E-state index in [9.17, 15) is 4.79 Å². The molecule has 0 aromatic rings. The maximum atomic E-state index is 11.8. The molecule has 0 saturated carbocycles. The van der Waals surface area contributed by atoms with Crippen molar-refractivity contribution in [2.75, 3.05) is 19.6 Å². The van der Waals surface area contributed by atoms with Crippen LogP contribution in [0.25, 0.3) is 0 Å². The molecule has 2 rings (SSSR count). The first kappa shape index (κ1) is 13.6. The lowest BCUT2D eigenvalue weighted by molar-refractivity contribution is -0.120. The van der Waals surface area contributed by atoms with E-state index in [1.165, 1.54) is 31.3 Å². The minimum atomic E-state index is 0.215. The quantitative estimate of drug-likeness (QED) is 0.736. The molecule has 3 heteroatoms. The molecular formula is C15H26N2O. The average molecular weight is 250 g/mol. The summed E-state index contributed by atoms with van der Waals surface area (Å²) in [7, 11) is 0. The van der Waals surface area contributed by atoms with Gasteiger partial charge in [-0.15, -0.1) is 0 Å². The molecule has 102 valence electrons. The number of hydrogen-bond acceptors (Lipinski definition) is 2. The summed E-state index contributed by atoms with van der Waals surface area (Å²) in [6.07, 6.45) is 11.4. The number of piperidine rings is 1. The molecule has 3 nitrogen and oxygen atoms in total. The van der Waals surface area contributed by atoms with E-state index in [4.69, 9.17) is 0 Å². The number of carbonyl (C=O) groups is 1. The Morgan fingerprint density at radius 2 is 2.33 bits per heavy atom. The monoisotopic (exact) mass is 250 g/mol. The van der Waals surface area contributed by atoms with E-state index in [0.29, 0.717) is 6.42 Å². The Kier molecular flexibility index (Phi) is 5.72. The molecule has 0 aromatic heterocycles. The fourth-order valence-corrected chi connectivity index (χ4v) is 2.92. The zero-order chi connectivity index (χ0) is 12.6. The second kappa shape index (κ2) is 7.57. The second-order valence-electron chi connectivity index (χ2n) is 5.64. The third kappa shape index (κ3) is 4.81. The van der Waals surface area contributed by atoms with Crippen LogP contribution in [0.2, 0.25) is 0 Å². The molecule has 1 heterocycles. The maximum Gasteiger partial charge on any atom is 0.224 e. The van der Waals surface area contributed by atoms with E-state index in [1.807, 2.05) is 0 Å². The molecule has 1 unspecified atom stereocenters. The van der Waals surface area contributed by atoms with Crippen molar-refractivity contribution >= 4 is 5.91 Å². The SMILES string of the molecule is O=C(CC1=CCCCC1)NCCC1CCCNC1. The van der Waals surface area contributed by atoms with Crippen LogP contribution < -0.4 is 10.6 Å². The van der Waals surface area contributed by atoms with Gasteiger partial charge in [0.2, 0.25) is 5.91 Å². The summed E-state index contributed by atoms with van der Waals surface area (Å²) < 4.78 is 0. The van der Waals surface area contributed by atoms with Crippen LogP contribution in [0.3, 0.4) is 0 Å². The smallest absolute Gasteiger partial charge is 0.224 e. The fourth-order valence-electron chi connectivity index (χ4n) is 2.92. The molecule has 1 aliphatic heterocycles. The highest BCUT2D eigenvalue weighted by Crippen LogP contribution is 2.19. The topological polar surface area (TPSA) is 41.1 Å². The lowest BCUT2D eigenvalue weighted by atomic mass is 9.96. The molecular weight excluding hydrogens is 224 g/mol. The van der Waals surface area contributed by atoms with Crippen LogP contribution in [0.5, 0.6) is 0 Å². The van der Waals surface area contributed by atoms with E-state index < -0.39 is 0 Å². The van der Waals surface area contributed by atoms with Gasteiger partial charge in [0.25, 0.3) is 0 Å². The molecule has 0 radical (unpaired) electrons. The van der Waals surface area contributed by atoms with Crippen LogP contribution in [-0.4, -0.2) is 25.5 Å². The Morgan fingerprint density at radius 3 is 3.06 bits per heavy atom. The Balaban J connectivity index is 1.58. The molecule has 1 amide bonds. The predicted octanol–water partition coefficient (Wildman–Crippen LogP) is 2.38. The van der Waals surface area contributed by atoms with Crippen molar-refractivity contribution in [2.24, 2.45) is 5.92 Å². The van der Waals surface area contributed by atoms with Gasteiger partial charge in [0.05, 0.1) is 0 Å². The first-order valence-electron chi connectivity index (χ1n) is 7.50. The summed E-state index contributed by atoms with van der Waals surface area (Å²) in [6, 6.07) is 0. The van der Waals surface area contributed by atoms with Gasteiger partial charge >= 0.3 is 0 Å². The van der Waals surface area contributed by atoms with Crippen molar-refractivity contribution in [3.63, 3.8) is 0 Å². The lowest BCUT2D eigenvalue weighted by Gasteiger charge is -2.22. The van der Waals surface area contributed by atoms with Crippen LogP contribution in [0.4, 0.5) is 0 Å².